The first-order valence-corrected chi connectivity index (χ1v) is 4.67. The van der Waals surface area contributed by atoms with Gasteiger partial charge in [0, 0.05) is 24.9 Å². The first-order chi connectivity index (χ1) is 7.49. The van der Waals surface area contributed by atoms with Crippen LogP contribution in [0.15, 0.2) is 23.3 Å². The van der Waals surface area contributed by atoms with Crippen LogP contribution >= 0.6 is 0 Å². The van der Waals surface area contributed by atoms with Crippen LogP contribution in [0.25, 0.3) is 5.82 Å². The summed E-state index contributed by atoms with van der Waals surface area (Å²) in [6, 6.07) is 0.997. The summed E-state index contributed by atoms with van der Waals surface area (Å²) >= 11 is 0. The SMILES string of the molecule is Cc1cn(C)nc1-n1cc(F)cc(N)c1=O. The fraction of sp³-hybridized carbons (Fsp3) is 0.200. The van der Waals surface area contributed by atoms with Crippen LogP contribution < -0.4 is 11.3 Å². The Morgan fingerprint density at radius 1 is 1.44 bits per heavy atom. The molecule has 2 aromatic rings. The molecule has 5 nitrogen and oxygen atoms in total. The lowest BCUT2D eigenvalue weighted by atomic mass is 10.3. The Kier molecular flexibility index (Phi) is 2.26. The van der Waals surface area contributed by atoms with Crippen LogP contribution in [0.2, 0.25) is 0 Å². The van der Waals surface area contributed by atoms with Crippen LogP contribution in [0.5, 0.6) is 0 Å². The zero-order chi connectivity index (χ0) is 11.9. The Labute approximate surface area is 90.9 Å². The number of nitrogen functional groups attached to an aromatic ring is 1. The standard InChI is InChI=1S/C10H11FN4O/c1-6-4-14(2)13-9(6)15-5-7(11)3-8(12)10(15)16/h3-5H,12H2,1-2H3. The van der Waals surface area contributed by atoms with E-state index >= 15 is 0 Å². The molecule has 0 spiro atoms. The van der Waals surface area contributed by atoms with Crippen LogP contribution in [-0.2, 0) is 7.05 Å². The molecule has 0 unspecified atom stereocenters. The smallest absolute Gasteiger partial charge is 0.279 e. The van der Waals surface area contributed by atoms with Crippen molar-refractivity contribution >= 4 is 5.69 Å². The second-order valence-corrected chi connectivity index (χ2v) is 3.60. The lowest BCUT2D eigenvalue weighted by molar-refractivity contribution is 0.611. The molecule has 0 radical (unpaired) electrons. The summed E-state index contributed by atoms with van der Waals surface area (Å²) in [6.45, 7) is 1.79. The number of aryl methyl sites for hydroxylation is 2. The van der Waals surface area contributed by atoms with Gasteiger partial charge in [-0.15, -0.1) is 0 Å². The molecule has 0 aliphatic heterocycles. The van der Waals surface area contributed by atoms with Gasteiger partial charge in [0.2, 0.25) is 0 Å². The van der Waals surface area contributed by atoms with Gasteiger partial charge in [0.05, 0.1) is 6.20 Å². The fourth-order valence-corrected chi connectivity index (χ4v) is 1.56. The summed E-state index contributed by atoms with van der Waals surface area (Å²) in [7, 11) is 1.73. The van der Waals surface area contributed by atoms with Gasteiger partial charge in [0.15, 0.2) is 5.82 Å². The number of aromatic nitrogens is 3. The van der Waals surface area contributed by atoms with E-state index < -0.39 is 11.4 Å². The van der Waals surface area contributed by atoms with E-state index in [4.69, 9.17) is 5.73 Å². The minimum atomic E-state index is -0.567. The molecule has 2 rings (SSSR count). The fourth-order valence-electron chi connectivity index (χ4n) is 1.56. The highest BCUT2D eigenvalue weighted by Crippen LogP contribution is 2.10. The summed E-state index contributed by atoms with van der Waals surface area (Å²) in [6.07, 6.45) is 2.82. The zero-order valence-corrected chi connectivity index (χ0v) is 8.94. The van der Waals surface area contributed by atoms with E-state index in [1.807, 2.05) is 0 Å². The predicted octanol–water partition coefficient (Wildman–Crippen LogP) is 0.601. The third-order valence-corrected chi connectivity index (χ3v) is 2.23. The summed E-state index contributed by atoms with van der Waals surface area (Å²) in [5.41, 5.74) is 5.58. The number of hydrogen-bond donors (Lipinski definition) is 1. The Morgan fingerprint density at radius 2 is 2.12 bits per heavy atom. The Morgan fingerprint density at radius 3 is 2.69 bits per heavy atom. The Balaban J connectivity index is 2.74. The summed E-state index contributed by atoms with van der Waals surface area (Å²) in [5, 5.41) is 4.08. The minimum absolute atomic E-state index is 0.134. The molecule has 2 N–H and O–H groups in total. The predicted molar refractivity (Wildman–Crippen MR) is 57.9 cm³/mol. The van der Waals surface area contributed by atoms with E-state index in [0.29, 0.717) is 5.82 Å². The van der Waals surface area contributed by atoms with Crippen molar-refractivity contribution in [1.29, 1.82) is 0 Å². The molecule has 0 amide bonds. The van der Waals surface area contributed by atoms with E-state index in [1.165, 1.54) is 0 Å². The van der Waals surface area contributed by atoms with Gasteiger partial charge in [-0.1, -0.05) is 0 Å². The number of hydrogen-bond acceptors (Lipinski definition) is 3. The Hall–Kier alpha value is -2.11. The normalized spacial score (nSPS) is 10.7. The van der Waals surface area contributed by atoms with Gasteiger partial charge in [0.1, 0.15) is 11.5 Å². The van der Waals surface area contributed by atoms with Gasteiger partial charge in [-0.2, -0.15) is 5.10 Å². The highest BCUT2D eigenvalue weighted by molar-refractivity contribution is 5.40. The van der Waals surface area contributed by atoms with Crippen molar-refractivity contribution in [2.24, 2.45) is 7.05 Å². The van der Waals surface area contributed by atoms with Crippen LogP contribution in [0.1, 0.15) is 5.56 Å². The molecule has 0 bridgehead atoms. The highest BCUT2D eigenvalue weighted by Gasteiger charge is 2.10. The second kappa shape index (κ2) is 3.48. The largest absolute Gasteiger partial charge is 0.394 e. The number of rotatable bonds is 1. The monoisotopic (exact) mass is 222 g/mol. The maximum absolute atomic E-state index is 13.2. The highest BCUT2D eigenvalue weighted by atomic mass is 19.1. The first-order valence-electron chi connectivity index (χ1n) is 4.67. The molecule has 0 aromatic carbocycles. The van der Waals surface area contributed by atoms with Crippen molar-refractivity contribution in [2.45, 2.75) is 6.92 Å². The van der Waals surface area contributed by atoms with Crippen molar-refractivity contribution in [2.75, 3.05) is 5.73 Å². The third-order valence-electron chi connectivity index (χ3n) is 2.23. The van der Waals surface area contributed by atoms with Crippen LogP contribution in [0.4, 0.5) is 10.1 Å². The molecule has 0 aliphatic rings. The van der Waals surface area contributed by atoms with Crippen molar-refractivity contribution in [3.63, 3.8) is 0 Å². The summed E-state index contributed by atoms with van der Waals surface area (Å²) in [4.78, 5) is 11.7. The lowest BCUT2D eigenvalue weighted by Gasteiger charge is -2.04. The topological polar surface area (TPSA) is 65.8 Å². The number of anilines is 1. The van der Waals surface area contributed by atoms with E-state index in [1.54, 1.807) is 24.9 Å². The molecule has 2 heterocycles. The summed E-state index contributed by atoms with van der Waals surface area (Å²) in [5.74, 6) is -0.180. The number of halogens is 1. The van der Waals surface area contributed by atoms with Gasteiger partial charge in [-0.25, -0.2) is 4.39 Å². The van der Waals surface area contributed by atoms with Crippen LogP contribution in [-0.4, -0.2) is 14.3 Å². The number of nitrogens with two attached hydrogens (primary N) is 1. The quantitative estimate of drug-likeness (QED) is 0.768. The van der Waals surface area contributed by atoms with Gasteiger partial charge in [-0.05, 0) is 6.92 Å². The molecule has 0 saturated carbocycles. The molecule has 2 aromatic heterocycles. The molecule has 6 heteroatoms. The van der Waals surface area contributed by atoms with Gasteiger partial charge in [-0.3, -0.25) is 14.0 Å². The van der Waals surface area contributed by atoms with Gasteiger partial charge < -0.3 is 5.73 Å². The molecule has 84 valence electrons. The van der Waals surface area contributed by atoms with E-state index in [2.05, 4.69) is 5.10 Å². The van der Waals surface area contributed by atoms with Crippen LogP contribution in [0, 0.1) is 12.7 Å². The lowest BCUT2D eigenvalue weighted by Crippen LogP contribution is -2.22. The van der Waals surface area contributed by atoms with E-state index in [9.17, 15) is 9.18 Å². The number of pyridine rings is 1. The maximum Gasteiger partial charge on any atom is 0.279 e. The zero-order valence-electron chi connectivity index (χ0n) is 8.94. The van der Waals surface area contributed by atoms with Crippen LogP contribution in [0.3, 0.4) is 0 Å². The Bertz CT molecular complexity index is 599. The maximum atomic E-state index is 13.2. The molecule has 0 atom stereocenters. The summed E-state index contributed by atoms with van der Waals surface area (Å²) < 4.78 is 15.8. The second-order valence-electron chi connectivity index (χ2n) is 3.60. The van der Waals surface area contributed by atoms with Crippen molar-refractivity contribution < 1.29 is 4.39 Å². The average molecular weight is 222 g/mol. The first kappa shape index (κ1) is 10.4. The number of nitrogens with zero attached hydrogens (tertiary/aromatic N) is 3. The van der Waals surface area contributed by atoms with Gasteiger partial charge in [0.25, 0.3) is 5.56 Å². The van der Waals surface area contributed by atoms with Crippen molar-refractivity contribution in [1.82, 2.24) is 14.3 Å². The minimum Gasteiger partial charge on any atom is -0.394 e. The molecule has 16 heavy (non-hydrogen) atoms. The average Bonchev–Trinajstić information content (AvgIpc) is 2.51. The third kappa shape index (κ3) is 1.58. The van der Waals surface area contributed by atoms with Crippen molar-refractivity contribution in [3.8, 4) is 5.82 Å². The van der Waals surface area contributed by atoms with Gasteiger partial charge >= 0.3 is 0 Å². The van der Waals surface area contributed by atoms with E-state index in [-0.39, 0.29) is 5.69 Å². The molecule has 0 fully saturated rings. The molecular formula is C10H11FN4O. The molecular weight excluding hydrogens is 211 g/mol. The van der Waals surface area contributed by atoms with E-state index in [0.717, 1.165) is 22.4 Å². The van der Waals surface area contributed by atoms with Crippen molar-refractivity contribution in [3.05, 3.63) is 40.2 Å². The molecule has 0 aliphatic carbocycles. The molecule has 0 saturated heterocycles.